The summed E-state index contributed by atoms with van der Waals surface area (Å²) in [4.78, 5) is 13.8. The first-order chi connectivity index (χ1) is 9.67. The van der Waals surface area contributed by atoms with E-state index < -0.39 is 0 Å². The van der Waals surface area contributed by atoms with Crippen LogP contribution in [-0.2, 0) is 9.47 Å². The molecule has 2 rings (SSSR count). The minimum Gasteiger partial charge on any atom is -0.349 e. The second-order valence-electron chi connectivity index (χ2n) is 4.68. The summed E-state index contributed by atoms with van der Waals surface area (Å²) in [6, 6.07) is 7.66. The summed E-state index contributed by atoms with van der Waals surface area (Å²) in [7, 11) is 1.81. The van der Waals surface area contributed by atoms with Gasteiger partial charge in [0.05, 0.1) is 0 Å². The van der Waals surface area contributed by atoms with Crippen molar-refractivity contribution in [2.45, 2.75) is 20.1 Å². The van der Waals surface area contributed by atoms with Crippen LogP contribution in [-0.4, -0.2) is 43.9 Å². The van der Waals surface area contributed by atoms with E-state index in [-0.39, 0.29) is 12.2 Å². The minimum atomic E-state index is -0.366. The Balaban J connectivity index is 2.36. The van der Waals surface area contributed by atoms with Gasteiger partial charge in [0, 0.05) is 32.4 Å². The molecule has 0 aliphatic carbocycles. The van der Waals surface area contributed by atoms with Crippen LogP contribution in [0.5, 0.6) is 0 Å². The van der Waals surface area contributed by atoms with E-state index in [9.17, 15) is 4.79 Å². The molecule has 1 aromatic carbocycles. The number of fused-ring (bicyclic) bond motifs is 1. The number of ether oxygens (including phenoxy) is 2. The van der Waals surface area contributed by atoms with Gasteiger partial charge in [0.15, 0.2) is 6.29 Å². The molecule has 1 aliphatic heterocycles. The molecule has 1 heterocycles. The van der Waals surface area contributed by atoms with Crippen molar-refractivity contribution in [1.82, 2.24) is 4.90 Å². The number of benzene rings is 1. The summed E-state index contributed by atoms with van der Waals surface area (Å²) in [5, 5.41) is 0. The fourth-order valence-electron chi connectivity index (χ4n) is 2.35. The monoisotopic (exact) mass is 275 g/mol. The first kappa shape index (κ1) is 14.8. The van der Waals surface area contributed by atoms with E-state index in [2.05, 4.69) is 0 Å². The van der Waals surface area contributed by atoms with Crippen molar-refractivity contribution in [3.63, 3.8) is 0 Å². The van der Waals surface area contributed by atoms with E-state index in [1.54, 1.807) is 4.90 Å². The number of hydrogen-bond donors (Lipinski definition) is 0. The Morgan fingerprint density at radius 1 is 1.20 bits per heavy atom. The highest BCUT2D eigenvalue weighted by Crippen LogP contribution is 2.27. The Morgan fingerprint density at radius 2 is 1.80 bits per heavy atom. The molecule has 4 nitrogen and oxygen atoms in total. The maximum Gasteiger partial charge on any atom is 0.254 e. The topological polar surface area (TPSA) is 38.8 Å². The molecule has 1 amide bonds. The second-order valence-corrected chi connectivity index (χ2v) is 4.68. The van der Waals surface area contributed by atoms with Crippen LogP contribution in [0.3, 0.4) is 0 Å². The molecule has 0 spiro atoms. The lowest BCUT2D eigenvalue weighted by atomic mass is 9.94. The van der Waals surface area contributed by atoms with Crippen molar-refractivity contribution in [3.8, 4) is 0 Å². The van der Waals surface area contributed by atoms with Crippen molar-refractivity contribution < 1.29 is 14.3 Å². The van der Waals surface area contributed by atoms with E-state index in [0.29, 0.717) is 19.8 Å². The third-order valence-electron chi connectivity index (χ3n) is 3.26. The van der Waals surface area contributed by atoms with Gasteiger partial charge < -0.3 is 14.4 Å². The van der Waals surface area contributed by atoms with Crippen LogP contribution in [0.1, 0.15) is 29.8 Å². The fourth-order valence-corrected chi connectivity index (χ4v) is 2.35. The van der Waals surface area contributed by atoms with Crippen LogP contribution in [0, 0.1) is 0 Å². The first-order valence-corrected chi connectivity index (χ1v) is 6.96. The molecule has 0 unspecified atom stereocenters. The predicted octanol–water partition coefficient (Wildman–Crippen LogP) is 2.55. The van der Waals surface area contributed by atoms with Gasteiger partial charge >= 0.3 is 0 Å². The average Bonchev–Trinajstić information content (AvgIpc) is 2.45. The fraction of sp³-hybridized carbons (Fsp3) is 0.438. The van der Waals surface area contributed by atoms with Crippen molar-refractivity contribution in [3.05, 3.63) is 41.5 Å². The zero-order valence-corrected chi connectivity index (χ0v) is 12.3. The average molecular weight is 275 g/mol. The van der Waals surface area contributed by atoms with E-state index >= 15 is 0 Å². The van der Waals surface area contributed by atoms with Gasteiger partial charge in [0.1, 0.15) is 0 Å². The number of likely N-dealkylation sites (N-methyl/N-ethyl adjacent to an activating group) is 1. The quantitative estimate of drug-likeness (QED) is 0.775. The maximum atomic E-state index is 12.1. The standard InChI is InChI=1S/C16H21NO3/c1-4-19-15(20-5-2)10-12-11-17(3)16(18)14-9-7-6-8-13(12)14/h6-10,15H,4-5,11H2,1-3H3/b12-10+. The number of carbonyl (C=O) groups excluding carboxylic acids is 1. The summed E-state index contributed by atoms with van der Waals surface area (Å²) < 4.78 is 11.1. The lowest BCUT2D eigenvalue weighted by Crippen LogP contribution is -2.34. The van der Waals surface area contributed by atoms with E-state index in [4.69, 9.17) is 9.47 Å². The molecular formula is C16H21NO3. The molecule has 20 heavy (non-hydrogen) atoms. The lowest BCUT2D eigenvalue weighted by molar-refractivity contribution is -0.103. The van der Waals surface area contributed by atoms with Gasteiger partial charge in [0.25, 0.3) is 5.91 Å². The summed E-state index contributed by atoms with van der Waals surface area (Å²) in [5.41, 5.74) is 2.77. The molecule has 1 aromatic rings. The van der Waals surface area contributed by atoms with E-state index in [1.807, 2.05) is 51.2 Å². The molecule has 0 saturated carbocycles. The zero-order chi connectivity index (χ0) is 14.5. The van der Waals surface area contributed by atoms with Crippen LogP contribution in [0.15, 0.2) is 30.3 Å². The van der Waals surface area contributed by atoms with Gasteiger partial charge in [-0.15, -0.1) is 0 Å². The molecule has 1 aliphatic rings. The van der Waals surface area contributed by atoms with Crippen LogP contribution in [0.25, 0.3) is 5.57 Å². The first-order valence-electron chi connectivity index (χ1n) is 6.96. The highest BCUT2D eigenvalue weighted by molar-refractivity contribution is 6.02. The van der Waals surface area contributed by atoms with Crippen molar-refractivity contribution >= 4 is 11.5 Å². The van der Waals surface area contributed by atoms with Gasteiger partial charge in [-0.25, -0.2) is 0 Å². The van der Waals surface area contributed by atoms with Crippen molar-refractivity contribution in [2.75, 3.05) is 26.8 Å². The van der Waals surface area contributed by atoms with Crippen molar-refractivity contribution in [1.29, 1.82) is 0 Å². The molecule has 0 radical (unpaired) electrons. The highest BCUT2D eigenvalue weighted by Gasteiger charge is 2.25. The van der Waals surface area contributed by atoms with Gasteiger partial charge in [0.2, 0.25) is 0 Å². The normalized spacial score (nSPS) is 16.9. The minimum absolute atomic E-state index is 0.0575. The smallest absolute Gasteiger partial charge is 0.254 e. The summed E-state index contributed by atoms with van der Waals surface area (Å²) in [5.74, 6) is 0.0575. The Hall–Kier alpha value is -1.65. The van der Waals surface area contributed by atoms with Gasteiger partial charge in [-0.05, 0) is 37.1 Å². The van der Waals surface area contributed by atoms with Crippen LogP contribution in [0.2, 0.25) is 0 Å². The largest absolute Gasteiger partial charge is 0.349 e. The second kappa shape index (κ2) is 6.68. The number of amides is 1. The third-order valence-corrected chi connectivity index (χ3v) is 3.26. The number of nitrogens with zero attached hydrogens (tertiary/aromatic N) is 1. The van der Waals surface area contributed by atoms with Gasteiger partial charge in [-0.3, -0.25) is 4.79 Å². The van der Waals surface area contributed by atoms with Crippen molar-refractivity contribution in [2.24, 2.45) is 0 Å². The SMILES string of the molecule is CCOC(/C=C1\CN(C)C(=O)c2ccccc21)OCC. The third kappa shape index (κ3) is 3.08. The molecule has 0 saturated heterocycles. The molecule has 4 heteroatoms. The molecule has 0 bridgehead atoms. The number of rotatable bonds is 5. The van der Waals surface area contributed by atoms with Crippen LogP contribution in [0.4, 0.5) is 0 Å². The Bertz CT molecular complexity index is 504. The van der Waals surface area contributed by atoms with E-state index in [0.717, 1.165) is 16.7 Å². The zero-order valence-electron chi connectivity index (χ0n) is 12.3. The lowest BCUT2D eigenvalue weighted by Gasteiger charge is -2.28. The maximum absolute atomic E-state index is 12.1. The Labute approximate surface area is 120 Å². The van der Waals surface area contributed by atoms with Gasteiger partial charge in [-0.2, -0.15) is 0 Å². The summed E-state index contributed by atoms with van der Waals surface area (Å²) in [6.07, 6.45) is 1.60. The molecule has 0 N–H and O–H groups in total. The number of hydrogen-bond acceptors (Lipinski definition) is 3. The Morgan fingerprint density at radius 3 is 2.40 bits per heavy atom. The molecule has 0 aromatic heterocycles. The molecular weight excluding hydrogens is 254 g/mol. The summed E-state index contributed by atoms with van der Waals surface area (Å²) in [6.45, 7) is 5.63. The number of carbonyl (C=O) groups is 1. The molecule has 108 valence electrons. The van der Waals surface area contributed by atoms with Crippen LogP contribution >= 0.6 is 0 Å². The predicted molar refractivity (Wildman–Crippen MR) is 78.4 cm³/mol. The summed E-state index contributed by atoms with van der Waals surface area (Å²) >= 11 is 0. The molecule has 0 fully saturated rings. The molecule has 0 atom stereocenters. The van der Waals surface area contributed by atoms with E-state index in [1.165, 1.54) is 0 Å². The van der Waals surface area contributed by atoms with Gasteiger partial charge in [-0.1, -0.05) is 18.2 Å². The van der Waals surface area contributed by atoms with Crippen LogP contribution < -0.4 is 0 Å². The Kier molecular flexibility index (Phi) is 4.93. The highest BCUT2D eigenvalue weighted by atomic mass is 16.7.